The van der Waals surface area contributed by atoms with Gasteiger partial charge in [0.15, 0.2) is 5.96 Å². The number of nitrogens with zero attached hydrogens (tertiary/aromatic N) is 3. The van der Waals surface area contributed by atoms with Crippen LogP contribution in [-0.2, 0) is 24.1 Å². The first-order chi connectivity index (χ1) is 13.7. The summed E-state index contributed by atoms with van der Waals surface area (Å²) in [5.41, 5.74) is 11.7. The van der Waals surface area contributed by atoms with E-state index in [4.69, 9.17) is 10.5 Å². The number of carbonyl (C=O) groups excluding carboxylic acids is 1. The molecule has 1 amide bonds. The lowest BCUT2D eigenvalue weighted by Crippen LogP contribution is -2.46. The quantitative estimate of drug-likeness (QED) is 0.871. The first kappa shape index (κ1) is 17.3. The average molecular weight is 376 g/mol. The average Bonchev–Trinajstić information content (AvgIpc) is 3.17. The molecule has 0 unspecified atom stereocenters. The van der Waals surface area contributed by atoms with Crippen molar-refractivity contribution in [2.75, 3.05) is 26.3 Å². The highest BCUT2D eigenvalue weighted by Gasteiger charge is 2.30. The fraction of sp³-hybridized carbons (Fsp3) is 0.364. The van der Waals surface area contributed by atoms with E-state index < -0.39 is 0 Å². The molecule has 2 heterocycles. The Labute approximate surface area is 164 Å². The maximum atomic E-state index is 12.7. The van der Waals surface area contributed by atoms with Crippen LogP contribution in [0.2, 0.25) is 0 Å². The summed E-state index contributed by atoms with van der Waals surface area (Å²) in [5.74, 6) is 0.579. The Morgan fingerprint density at radius 3 is 2.46 bits per heavy atom. The lowest BCUT2D eigenvalue weighted by molar-refractivity contribution is 0.0303. The number of guanidine groups is 1. The molecule has 0 spiro atoms. The molecule has 3 aliphatic rings. The highest BCUT2D eigenvalue weighted by Crippen LogP contribution is 2.32. The van der Waals surface area contributed by atoms with E-state index in [1.54, 1.807) is 0 Å². The Kier molecular flexibility index (Phi) is 4.28. The third kappa shape index (κ3) is 3.03. The Hall–Kier alpha value is -2.86. The maximum absolute atomic E-state index is 12.7. The zero-order chi connectivity index (χ0) is 19.1. The molecule has 0 bridgehead atoms. The first-order valence-electron chi connectivity index (χ1n) is 9.86. The van der Waals surface area contributed by atoms with Crippen LogP contribution in [-0.4, -0.2) is 54.0 Å². The van der Waals surface area contributed by atoms with Crippen molar-refractivity contribution in [2.24, 2.45) is 10.7 Å². The van der Waals surface area contributed by atoms with Crippen molar-refractivity contribution in [1.29, 1.82) is 0 Å². The fourth-order valence-corrected chi connectivity index (χ4v) is 4.41. The second-order valence-electron chi connectivity index (χ2n) is 7.68. The molecule has 6 nitrogen and oxygen atoms in total. The van der Waals surface area contributed by atoms with Gasteiger partial charge in [-0.2, -0.15) is 0 Å². The maximum Gasteiger partial charge on any atom is 0.254 e. The molecule has 0 atom stereocenters. The lowest BCUT2D eigenvalue weighted by atomic mass is 10.0. The summed E-state index contributed by atoms with van der Waals surface area (Å²) < 4.78 is 5.34. The minimum Gasteiger partial charge on any atom is -0.378 e. The summed E-state index contributed by atoms with van der Waals surface area (Å²) in [6, 6.07) is 14.7. The number of amides is 1. The minimum absolute atomic E-state index is 0.0357. The van der Waals surface area contributed by atoms with Gasteiger partial charge >= 0.3 is 0 Å². The smallest absolute Gasteiger partial charge is 0.254 e. The Morgan fingerprint density at radius 2 is 1.75 bits per heavy atom. The van der Waals surface area contributed by atoms with Crippen LogP contribution in [0.1, 0.15) is 27.0 Å². The number of benzene rings is 2. The fourth-order valence-electron chi connectivity index (χ4n) is 4.41. The van der Waals surface area contributed by atoms with E-state index in [1.807, 2.05) is 23.1 Å². The lowest BCUT2D eigenvalue weighted by Gasteiger charge is -2.33. The second-order valence-corrected chi connectivity index (χ2v) is 7.68. The SMILES string of the molecule is NC1=Nc2cc(C(=O)N3CCOCC3)ccc2CN1C1Cc2ccccc2C1. The van der Waals surface area contributed by atoms with Crippen LogP contribution in [0.5, 0.6) is 0 Å². The van der Waals surface area contributed by atoms with E-state index >= 15 is 0 Å². The zero-order valence-electron chi connectivity index (χ0n) is 15.8. The Bertz CT molecular complexity index is 924. The van der Waals surface area contributed by atoms with Gasteiger partial charge in [0.2, 0.25) is 0 Å². The van der Waals surface area contributed by atoms with Gasteiger partial charge in [0, 0.05) is 31.2 Å². The van der Waals surface area contributed by atoms with Crippen LogP contribution in [0.3, 0.4) is 0 Å². The van der Waals surface area contributed by atoms with Crippen molar-refractivity contribution in [3.8, 4) is 0 Å². The minimum atomic E-state index is 0.0357. The summed E-state index contributed by atoms with van der Waals surface area (Å²) >= 11 is 0. The van der Waals surface area contributed by atoms with Crippen molar-refractivity contribution in [3.05, 3.63) is 64.7 Å². The molecule has 0 aromatic heterocycles. The predicted octanol–water partition coefficient (Wildman–Crippen LogP) is 2.09. The van der Waals surface area contributed by atoms with Crippen molar-refractivity contribution < 1.29 is 9.53 Å². The van der Waals surface area contributed by atoms with E-state index in [0.717, 1.165) is 30.6 Å². The zero-order valence-corrected chi connectivity index (χ0v) is 15.8. The predicted molar refractivity (Wildman–Crippen MR) is 108 cm³/mol. The molecule has 1 fully saturated rings. The number of morpholine rings is 1. The molecule has 28 heavy (non-hydrogen) atoms. The van der Waals surface area contributed by atoms with Crippen LogP contribution in [0.4, 0.5) is 5.69 Å². The number of hydrogen-bond acceptors (Lipinski definition) is 5. The molecule has 2 aromatic carbocycles. The summed E-state index contributed by atoms with van der Waals surface area (Å²) in [4.78, 5) is 21.4. The van der Waals surface area contributed by atoms with Crippen molar-refractivity contribution in [1.82, 2.24) is 9.80 Å². The molecular weight excluding hydrogens is 352 g/mol. The normalized spacial score (nSPS) is 19.2. The molecule has 1 aliphatic carbocycles. The number of hydrogen-bond donors (Lipinski definition) is 1. The number of ether oxygens (including phenoxy) is 1. The molecule has 2 aromatic rings. The summed E-state index contributed by atoms with van der Waals surface area (Å²) in [6.07, 6.45) is 1.99. The summed E-state index contributed by atoms with van der Waals surface area (Å²) in [5, 5.41) is 0. The van der Waals surface area contributed by atoms with E-state index in [0.29, 0.717) is 43.9 Å². The summed E-state index contributed by atoms with van der Waals surface area (Å²) in [6.45, 7) is 3.20. The number of nitrogens with two attached hydrogens (primary N) is 1. The first-order valence-corrected chi connectivity index (χ1v) is 9.86. The highest BCUT2D eigenvalue weighted by molar-refractivity contribution is 5.96. The molecule has 2 N–H and O–H groups in total. The van der Waals surface area contributed by atoms with E-state index in [-0.39, 0.29) is 5.91 Å². The molecule has 5 rings (SSSR count). The van der Waals surface area contributed by atoms with Gasteiger partial charge in [-0.15, -0.1) is 0 Å². The largest absolute Gasteiger partial charge is 0.378 e. The van der Waals surface area contributed by atoms with Gasteiger partial charge in [0.05, 0.1) is 18.9 Å². The van der Waals surface area contributed by atoms with Gasteiger partial charge in [-0.25, -0.2) is 4.99 Å². The number of fused-ring (bicyclic) bond motifs is 2. The Balaban J connectivity index is 1.36. The van der Waals surface area contributed by atoms with Crippen LogP contribution in [0.15, 0.2) is 47.5 Å². The van der Waals surface area contributed by atoms with Crippen LogP contribution in [0, 0.1) is 0 Å². The van der Waals surface area contributed by atoms with Gasteiger partial charge in [0.1, 0.15) is 0 Å². The topological polar surface area (TPSA) is 71.2 Å². The highest BCUT2D eigenvalue weighted by atomic mass is 16.5. The molecule has 0 radical (unpaired) electrons. The molecule has 1 saturated heterocycles. The van der Waals surface area contributed by atoms with E-state index in [9.17, 15) is 4.79 Å². The van der Waals surface area contributed by atoms with Crippen molar-refractivity contribution in [3.63, 3.8) is 0 Å². The third-order valence-electron chi connectivity index (χ3n) is 5.97. The molecule has 2 aliphatic heterocycles. The molecule has 144 valence electrons. The third-order valence-corrected chi connectivity index (χ3v) is 5.97. The van der Waals surface area contributed by atoms with Crippen molar-refractivity contribution in [2.45, 2.75) is 25.4 Å². The number of carbonyl (C=O) groups is 1. The second kappa shape index (κ2) is 6.95. The Morgan fingerprint density at radius 1 is 1.04 bits per heavy atom. The van der Waals surface area contributed by atoms with Crippen molar-refractivity contribution >= 4 is 17.6 Å². The molecular formula is C22H24N4O2. The molecule has 0 saturated carbocycles. The van der Waals surface area contributed by atoms with Crippen LogP contribution >= 0.6 is 0 Å². The monoisotopic (exact) mass is 376 g/mol. The van der Waals surface area contributed by atoms with Crippen LogP contribution in [0.25, 0.3) is 0 Å². The summed E-state index contributed by atoms with van der Waals surface area (Å²) in [7, 11) is 0. The van der Waals surface area contributed by atoms with Gasteiger partial charge in [-0.3, -0.25) is 4.79 Å². The van der Waals surface area contributed by atoms with Gasteiger partial charge in [-0.05, 0) is 41.7 Å². The number of rotatable bonds is 2. The molecule has 6 heteroatoms. The van der Waals surface area contributed by atoms with Crippen LogP contribution < -0.4 is 5.73 Å². The van der Waals surface area contributed by atoms with Gasteiger partial charge in [0.25, 0.3) is 5.91 Å². The van der Waals surface area contributed by atoms with E-state index in [2.05, 4.69) is 34.2 Å². The number of aliphatic imine (C=N–C) groups is 1. The van der Waals surface area contributed by atoms with Gasteiger partial charge < -0.3 is 20.3 Å². The van der Waals surface area contributed by atoms with Gasteiger partial charge in [-0.1, -0.05) is 30.3 Å². The standard InChI is InChI=1S/C22H24N4O2/c23-22-24-20-13-17(21(27)25-7-9-28-10-8-25)5-6-18(20)14-26(22)19-11-15-3-1-2-4-16(15)12-19/h1-6,13,19H,7-12,14H2,(H2,23,24). The van der Waals surface area contributed by atoms with E-state index in [1.165, 1.54) is 11.1 Å².